The van der Waals surface area contributed by atoms with Crippen molar-refractivity contribution in [1.29, 1.82) is 0 Å². The Morgan fingerprint density at radius 3 is 2.64 bits per heavy atom. The number of fused-ring (bicyclic) bond motifs is 1. The van der Waals surface area contributed by atoms with Gasteiger partial charge in [0.2, 0.25) is 0 Å². The molecular formula is C21H26N2OS. The molecule has 0 spiro atoms. The molecule has 1 aliphatic rings. The summed E-state index contributed by atoms with van der Waals surface area (Å²) in [6.45, 7) is 6.94. The predicted molar refractivity (Wildman–Crippen MR) is 108 cm³/mol. The van der Waals surface area contributed by atoms with Crippen molar-refractivity contribution in [3.63, 3.8) is 0 Å². The summed E-state index contributed by atoms with van der Waals surface area (Å²) in [7, 11) is 0. The van der Waals surface area contributed by atoms with E-state index in [1.54, 1.807) is 0 Å². The highest BCUT2D eigenvalue weighted by atomic mass is 32.1. The van der Waals surface area contributed by atoms with Gasteiger partial charge in [-0.3, -0.25) is 0 Å². The zero-order valence-corrected chi connectivity index (χ0v) is 15.8. The van der Waals surface area contributed by atoms with Gasteiger partial charge in [-0.1, -0.05) is 50.2 Å². The average Bonchev–Trinajstić information content (AvgIpc) is 2.62. The monoisotopic (exact) mass is 354 g/mol. The number of anilines is 1. The molecule has 1 heterocycles. The molecule has 0 unspecified atom stereocenters. The number of rotatable bonds is 5. The summed E-state index contributed by atoms with van der Waals surface area (Å²) in [4.78, 5) is 2.22. The molecule has 0 amide bonds. The fraction of sp³-hybridized carbons (Fsp3) is 0.381. The maximum Gasteiger partial charge on any atom is 0.173 e. The van der Waals surface area contributed by atoms with Gasteiger partial charge >= 0.3 is 0 Å². The van der Waals surface area contributed by atoms with Crippen LogP contribution in [0.3, 0.4) is 0 Å². The first kappa shape index (κ1) is 17.7. The Morgan fingerprint density at radius 1 is 1.12 bits per heavy atom. The third kappa shape index (κ3) is 4.73. The van der Waals surface area contributed by atoms with Crippen LogP contribution in [0, 0.1) is 5.92 Å². The molecule has 4 heteroatoms. The molecule has 0 aromatic heterocycles. The third-order valence-electron chi connectivity index (χ3n) is 4.50. The van der Waals surface area contributed by atoms with Crippen LogP contribution in [0.15, 0.2) is 48.5 Å². The molecular weight excluding hydrogens is 328 g/mol. The number of ether oxygens (including phenoxy) is 1. The second-order valence-corrected chi connectivity index (χ2v) is 7.28. The number of hydrogen-bond acceptors (Lipinski definition) is 2. The Labute approximate surface area is 156 Å². The predicted octanol–water partition coefficient (Wildman–Crippen LogP) is 4.87. The zero-order chi connectivity index (χ0) is 17.6. The van der Waals surface area contributed by atoms with E-state index in [9.17, 15) is 0 Å². The molecule has 0 saturated heterocycles. The molecule has 1 N–H and O–H groups in total. The SMILES string of the molecule is CC(C)CCOc1ccccc1NC(=S)N1CCc2ccccc2C1. The van der Waals surface area contributed by atoms with E-state index in [1.165, 1.54) is 11.1 Å². The van der Waals surface area contributed by atoms with Gasteiger partial charge in [-0.2, -0.15) is 0 Å². The van der Waals surface area contributed by atoms with Gasteiger partial charge in [0.15, 0.2) is 5.11 Å². The van der Waals surface area contributed by atoms with Gasteiger partial charge in [-0.25, -0.2) is 0 Å². The van der Waals surface area contributed by atoms with Crippen LogP contribution in [-0.4, -0.2) is 23.2 Å². The topological polar surface area (TPSA) is 24.5 Å². The van der Waals surface area contributed by atoms with Crippen LogP contribution in [0.25, 0.3) is 0 Å². The van der Waals surface area contributed by atoms with E-state index >= 15 is 0 Å². The summed E-state index contributed by atoms with van der Waals surface area (Å²) >= 11 is 5.66. The molecule has 0 fully saturated rings. The summed E-state index contributed by atoms with van der Waals surface area (Å²) in [5.41, 5.74) is 3.73. The second-order valence-electron chi connectivity index (χ2n) is 6.90. The summed E-state index contributed by atoms with van der Waals surface area (Å²) in [6.07, 6.45) is 2.08. The molecule has 2 aromatic rings. The summed E-state index contributed by atoms with van der Waals surface area (Å²) in [6, 6.07) is 16.6. The Morgan fingerprint density at radius 2 is 1.84 bits per heavy atom. The molecule has 0 aliphatic carbocycles. The number of nitrogens with zero attached hydrogens (tertiary/aromatic N) is 1. The fourth-order valence-corrected chi connectivity index (χ4v) is 3.23. The van der Waals surface area contributed by atoms with Crippen LogP contribution in [0.2, 0.25) is 0 Å². The van der Waals surface area contributed by atoms with Crippen LogP contribution in [0.1, 0.15) is 31.4 Å². The van der Waals surface area contributed by atoms with Gasteiger partial charge in [0.25, 0.3) is 0 Å². The standard InChI is InChI=1S/C21H26N2OS/c1-16(2)12-14-24-20-10-6-5-9-19(20)22-21(25)23-13-11-17-7-3-4-8-18(17)15-23/h3-10,16H,11-15H2,1-2H3,(H,22,25). The first-order chi connectivity index (χ1) is 12.1. The minimum atomic E-state index is 0.634. The Balaban J connectivity index is 1.63. The van der Waals surface area contributed by atoms with Gasteiger partial charge in [0, 0.05) is 13.1 Å². The van der Waals surface area contributed by atoms with Crippen LogP contribution >= 0.6 is 12.2 Å². The molecule has 1 aliphatic heterocycles. The van der Waals surface area contributed by atoms with Crippen molar-refractivity contribution in [1.82, 2.24) is 4.90 Å². The molecule has 132 valence electrons. The van der Waals surface area contributed by atoms with E-state index in [2.05, 4.69) is 48.3 Å². The van der Waals surface area contributed by atoms with Crippen molar-refractivity contribution in [2.45, 2.75) is 33.2 Å². The lowest BCUT2D eigenvalue weighted by atomic mass is 10.0. The van der Waals surface area contributed by atoms with E-state index < -0.39 is 0 Å². The first-order valence-electron chi connectivity index (χ1n) is 8.98. The molecule has 3 rings (SSSR count). The quantitative estimate of drug-likeness (QED) is 0.775. The first-order valence-corrected chi connectivity index (χ1v) is 9.39. The van der Waals surface area contributed by atoms with E-state index in [1.807, 2.05) is 24.3 Å². The number of nitrogens with one attached hydrogen (secondary N) is 1. The highest BCUT2D eigenvalue weighted by molar-refractivity contribution is 7.80. The lowest BCUT2D eigenvalue weighted by molar-refractivity contribution is 0.291. The van der Waals surface area contributed by atoms with Gasteiger partial charge in [0.1, 0.15) is 5.75 Å². The van der Waals surface area contributed by atoms with Crippen molar-refractivity contribution in [2.24, 2.45) is 5.92 Å². The molecule has 2 aromatic carbocycles. The van der Waals surface area contributed by atoms with E-state index in [-0.39, 0.29) is 0 Å². The van der Waals surface area contributed by atoms with Crippen molar-refractivity contribution >= 4 is 23.0 Å². The Kier molecular flexibility index (Phi) is 5.92. The van der Waals surface area contributed by atoms with Gasteiger partial charge in [-0.15, -0.1) is 0 Å². The highest BCUT2D eigenvalue weighted by Crippen LogP contribution is 2.26. The highest BCUT2D eigenvalue weighted by Gasteiger charge is 2.18. The lowest BCUT2D eigenvalue weighted by Gasteiger charge is -2.31. The minimum absolute atomic E-state index is 0.634. The van der Waals surface area contributed by atoms with Gasteiger partial charge < -0.3 is 15.0 Å². The van der Waals surface area contributed by atoms with Crippen molar-refractivity contribution in [3.8, 4) is 5.75 Å². The average molecular weight is 355 g/mol. The molecule has 0 atom stereocenters. The Hall–Kier alpha value is -2.07. The van der Waals surface area contributed by atoms with Gasteiger partial charge in [-0.05, 0) is 54.2 Å². The minimum Gasteiger partial charge on any atom is -0.491 e. The summed E-state index contributed by atoms with van der Waals surface area (Å²) < 4.78 is 5.95. The molecule has 0 saturated carbocycles. The van der Waals surface area contributed by atoms with Crippen molar-refractivity contribution in [2.75, 3.05) is 18.5 Å². The van der Waals surface area contributed by atoms with E-state index in [4.69, 9.17) is 17.0 Å². The summed E-state index contributed by atoms with van der Waals surface area (Å²) in [5, 5.41) is 4.14. The normalized spacial score (nSPS) is 13.5. The van der Waals surface area contributed by atoms with E-state index in [0.717, 1.165) is 49.1 Å². The van der Waals surface area contributed by atoms with Crippen LogP contribution < -0.4 is 10.1 Å². The van der Waals surface area contributed by atoms with Crippen LogP contribution in [0.5, 0.6) is 5.75 Å². The fourth-order valence-electron chi connectivity index (χ4n) is 2.96. The summed E-state index contributed by atoms with van der Waals surface area (Å²) in [5.74, 6) is 1.50. The number of hydrogen-bond donors (Lipinski definition) is 1. The lowest BCUT2D eigenvalue weighted by Crippen LogP contribution is -2.38. The molecule has 0 bridgehead atoms. The van der Waals surface area contributed by atoms with E-state index in [0.29, 0.717) is 5.92 Å². The van der Waals surface area contributed by atoms with Crippen LogP contribution in [-0.2, 0) is 13.0 Å². The third-order valence-corrected chi connectivity index (χ3v) is 4.86. The maximum atomic E-state index is 5.95. The molecule has 25 heavy (non-hydrogen) atoms. The molecule has 0 radical (unpaired) electrons. The van der Waals surface area contributed by atoms with Crippen LogP contribution in [0.4, 0.5) is 5.69 Å². The largest absolute Gasteiger partial charge is 0.491 e. The zero-order valence-electron chi connectivity index (χ0n) is 15.0. The number of para-hydroxylation sites is 2. The number of thiocarbonyl (C=S) groups is 1. The second kappa shape index (κ2) is 8.34. The van der Waals surface area contributed by atoms with Crippen molar-refractivity contribution < 1.29 is 4.74 Å². The smallest absolute Gasteiger partial charge is 0.173 e. The Bertz CT molecular complexity index is 729. The number of benzene rings is 2. The molecule has 3 nitrogen and oxygen atoms in total. The van der Waals surface area contributed by atoms with Gasteiger partial charge in [0.05, 0.1) is 12.3 Å². The maximum absolute atomic E-state index is 5.95. The van der Waals surface area contributed by atoms with Crippen molar-refractivity contribution in [3.05, 3.63) is 59.7 Å².